The molecule has 5 heteroatoms. The molecule has 102 valence electrons. The predicted molar refractivity (Wildman–Crippen MR) is 66.7 cm³/mol. The predicted octanol–water partition coefficient (Wildman–Crippen LogP) is 2.19. The Morgan fingerprint density at radius 1 is 1.28 bits per heavy atom. The number of aliphatic hydroxyl groups excluding tert-OH is 1. The SMILES string of the molecule is CC(C)OCC(O)CN(C)c1ccc(F)c(F)c1. The molecule has 0 bridgehead atoms. The zero-order valence-corrected chi connectivity index (χ0v) is 10.9. The van der Waals surface area contributed by atoms with Crippen LogP contribution in [0.4, 0.5) is 14.5 Å². The molecule has 0 spiro atoms. The van der Waals surface area contributed by atoms with Gasteiger partial charge in [-0.1, -0.05) is 0 Å². The number of ether oxygens (including phenoxy) is 1. The van der Waals surface area contributed by atoms with Crippen LogP contribution in [0.25, 0.3) is 0 Å². The normalized spacial score (nSPS) is 12.8. The second kappa shape index (κ2) is 6.66. The molecule has 0 saturated carbocycles. The van der Waals surface area contributed by atoms with Crippen molar-refractivity contribution in [2.24, 2.45) is 0 Å². The smallest absolute Gasteiger partial charge is 0.160 e. The highest BCUT2D eigenvalue weighted by molar-refractivity contribution is 5.46. The van der Waals surface area contributed by atoms with E-state index in [-0.39, 0.29) is 19.3 Å². The van der Waals surface area contributed by atoms with Gasteiger partial charge in [0.2, 0.25) is 0 Å². The molecule has 0 aliphatic rings. The van der Waals surface area contributed by atoms with Crippen molar-refractivity contribution < 1.29 is 18.6 Å². The second-order valence-electron chi connectivity index (χ2n) is 4.51. The number of halogens is 2. The summed E-state index contributed by atoms with van der Waals surface area (Å²) < 4.78 is 31.1. The van der Waals surface area contributed by atoms with Crippen molar-refractivity contribution in [3.63, 3.8) is 0 Å². The van der Waals surface area contributed by atoms with Crippen molar-refractivity contribution >= 4 is 5.69 Å². The first-order chi connectivity index (χ1) is 8.40. The van der Waals surface area contributed by atoms with E-state index in [0.717, 1.165) is 12.1 Å². The van der Waals surface area contributed by atoms with Crippen molar-refractivity contribution in [2.75, 3.05) is 25.1 Å². The van der Waals surface area contributed by atoms with E-state index in [1.807, 2.05) is 13.8 Å². The molecule has 0 saturated heterocycles. The van der Waals surface area contributed by atoms with Crippen LogP contribution in [-0.4, -0.2) is 37.5 Å². The Bertz CT molecular complexity index is 385. The van der Waals surface area contributed by atoms with E-state index in [1.165, 1.54) is 6.07 Å². The third-order valence-electron chi connectivity index (χ3n) is 2.45. The summed E-state index contributed by atoms with van der Waals surface area (Å²) in [5, 5.41) is 9.72. The summed E-state index contributed by atoms with van der Waals surface area (Å²) in [4.78, 5) is 1.65. The van der Waals surface area contributed by atoms with Gasteiger partial charge in [0.05, 0.1) is 18.8 Å². The standard InChI is InChI=1S/C13H19F2NO2/c1-9(2)18-8-11(17)7-16(3)10-4-5-12(14)13(15)6-10/h4-6,9,11,17H,7-8H2,1-3H3. The van der Waals surface area contributed by atoms with Crippen molar-refractivity contribution in [3.8, 4) is 0 Å². The van der Waals surface area contributed by atoms with Gasteiger partial charge in [0.1, 0.15) is 0 Å². The van der Waals surface area contributed by atoms with Crippen LogP contribution in [0.2, 0.25) is 0 Å². The van der Waals surface area contributed by atoms with Crippen molar-refractivity contribution in [1.29, 1.82) is 0 Å². The van der Waals surface area contributed by atoms with Crippen molar-refractivity contribution in [1.82, 2.24) is 0 Å². The van der Waals surface area contributed by atoms with Crippen LogP contribution >= 0.6 is 0 Å². The lowest BCUT2D eigenvalue weighted by molar-refractivity contribution is 0.00926. The Labute approximate surface area is 106 Å². The Hall–Kier alpha value is -1.20. The van der Waals surface area contributed by atoms with Crippen LogP contribution < -0.4 is 4.90 Å². The number of anilines is 1. The van der Waals surface area contributed by atoms with Crippen LogP contribution in [0.5, 0.6) is 0 Å². The van der Waals surface area contributed by atoms with Gasteiger partial charge < -0.3 is 14.7 Å². The molecule has 0 heterocycles. The molecule has 1 rings (SSSR count). The van der Waals surface area contributed by atoms with Crippen molar-refractivity contribution in [2.45, 2.75) is 26.1 Å². The Balaban J connectivity index is 2.53. The van der Waals surface area contributed by atoms with Gasteiger partial charge in [-0.3, -0.25) is 0 Å². The minimum Gasteiger partial charge on any atom is -0.389 e. The summed E-state index contributed by atoms with van der Waals surface area (Å²) in [5.41, 5.74) is 0.512. The van der Waals surface area contributed by atoms with Crippen LogP contribution in [0.1, 0.15) is 13.8 Å². The van der Waals surface area contributed by atoms with E-state index in [4.69, 9.17) is 4.74 Å². The van der Waals surface area contributed by atoms with Gasteiger partial charge >= 0.3 is 0 Å². The highest BCUT2D eigenvalue weighted by atomic mass is 19.2. The molecule has 0 radical (unpaired) electrons. The third-order valence-corrected chi connectivity index (χ3v) is 2.45. The third kappa shape index (κ3) is 4.58. The minimum atomic E-state index is -0.896. The van der Waals surface area contributed by atoms with Gasteiger partial charge in [0.15, 0.2) is 11.6 Å². The summed E-state index contributed by atoms with van der Waals surface area (Å²) in [6.07, 6.45) is -0.626. The maximum atomic E-state index is 13.0. The van der Waals surface area contributed by atoms with E-state index >= 15 is 0 Å². The Kier molecular flexibility index (Phi) is 5.50. The number of benzene rings is 1. The molecular formula is C13H19F2NO2. The number of hydrogen-bond donors (Lipinski definition) is 1. The monoisotopic (exact) mass is 259 g/mol. The molecule has 0 aromatic heterocycles. The summed E-state index contributed by atoms with van der Waals surface area (Å²) in [6.45, 7) is 4.26. The maximum Gasteiger partial charge on any atom is 0.160 e. The van der Waals surface area contributed by atoms with Gasteiger partial charge in [-0.05, 0) is 26.0 Å². The quantitative estimate of drug-likeness (QED) is 0.850. The molecule has 1 N–H and O–H groups in total. The van der Waals surface area contributed by atoms with E-state index in [1.54, 1.807) is 11.9 Å². The first kappa shape index (κ1) is 14.9. The van der Waals surface area contributed by atoms with E-state index < -0.39 is 17.7 Å². The first-order valence-electron chi connectivity index (χ1n) is 5.86. The zero-order valence-electron chi connectivity index (χ0n) is 10.9. The van der Waals surface area contributed by atoms with Crippen LogP contribution in [0.15, 0.2) is 18.2 Å². The highest BCUT2D eigenvalue weighted by Crippen LogP contribution is 2.16. The zero-order chi connectivity index (χ0) is 13.7. The fourth-order valence-electron chi connectivity index (χ4n) is 1.50. The first-order valence-corrected chi connectivity index (χ1v) is 5.86. The average molecular weight is 259 g/mol. The van der Waals surface area contributed by atoms with E-state index in [9.17, 15) is 13.9 Å². The number of hydrogen-bond acceptors (Lipinski definition) is 3. The van der Waals surface area contributed by atoms with Crippen LogP contribution in [0.3, 0.4) is 0 Å². The lowest BCUT2D eigenvalue weighted by atomic mass is 10.2. The molecular weight excluding hydrogens is 240 g/mol. The van der Waals surface area contributed by atoms with Gasteiger partial charge in [0, 0.05) is 25.3 Å². The van der Waals surface area contributed by atoms with Gasteiger partial charge in [-0.15, -0.1) is 0 Å². The molecule has 1 aromatic carbocycles. The van der Waals surface area contributed by atoms with Crippen LogP contribution in [-0.2, 0) is 4.74 Å². The Morgan fingerprint density at radius 2 is 1.94 bits per heavy atom. The minimum absolute atomic E-state index is 0.0493. The summed E-state index contributed by atoms with van der Waals surface area (Å²) >= 11 is 0. The topological polar surface area (TPSA) is 32.7 Å². The lowest BCUT2D eigenvalue weighted by Crippen LogP contribution is -2.33. The molecule has 3 nitrogen and oxygen atoms in total. The van der Waals surface area contributed by atoms with Gasteiger partial charge in [-0.25, -0.2) is 8.78 Å². The molecule has 0 aliphatic heterocycles. The van der Waals surface area contributed by atoms with Crippen molar-refractivity contribution in [3.05, 3.63) is 29.8 Å². The molecule has 0 fully saturated rings. The Morgan fingerprint density at radius 3 is 2.50 bits per heavy atom. The fourth-order valence-corrected chi connectivity index (χ4v) is 1.50. The summed E-state index contributed by atoms with van der Waals surface area (Å²) in [5.74, 6) is -1.77. The molecule has 0 aliphatic carbocycles. The average Bonchev–Trinajstić information content (AvgIpc) is 2.30. The number of likely N-dealkylation sites (N-methyl/N-ethyl adjacent to an activating group) is 1. The van der Waals surface area contributed by atoms with Gasteiger partial charge in [0.25, 0.3) is 0 Å². The second-order valence-corrected chi connectivity index (χ2v) is 4.51. The van der Waals surface area contributed by atoms with Crippen LogP contribution in [0, 0.1) is 11.6 Å². The lowest BCUT2D eigenvalue weighted by Gasteiger charge is -2.23. The maximum absolute atomic E-state index is 13.0. The molecule has 18 heavy (non-hydrogen) atoms. The fraction of sp³-hybridized carbons (Fsp3) is 0.538. The van der Waals surface area contributed by atoms with Gasteiger partial charge in [-0.2, -0.15) is 0 Å². The summed E-state index contributed by atoms with van der Waals surface area (Å²) in [7, 11) is 1.70. The summed E-state index contributed by atoms with van der Waals surface area (Å²) in [6, 6.07) is 3.64. The number of aliphatic hydroxyl groups is 1. The van der Waals surface area contributed by atoms with E-state index in [2.05, 4.69) is 0 Å². The number of rotatable bonds is 6. The van der Waals surface area contributed by atoms with E-state index in [0.29, 0.717) is 5.69 Å². The molecule has 0 amide bonds. The largest absolute Gasteiger partial charge is 0.389 e. The molecule has 1 unspecified atom stereocenters. The highest BCUT2D eigenvalue weighted by Gasteiger charge is 2.11. The number of nitrogens with zero attached hydrogens (tertiary/aromatic N) is 1. The molecule has 1 aromatic rings. The molecule has 1 atom stereocenters.